The number of aromatic nitrogens is 2. The Morgan fingerprint density at radius 1 is 1.50 bits per heavy atom. The highest BCUT2D eigenvalue weighted by Gasteiger charge is 2.17. The van der Waals surface area contributed by atoms with Gasteiger partial charge >= 0.3 is 0 Å². The highest BCUT2D eigenvalue weighted by atomic mass is 79.9. The first kappa shape index (κ1) is 12.2. The number of hydrogen-bond acceptors (Lipinski definition) is 2. The Morgan fingerprint density at radius 3 is 3.17 bits per heavy atom. The normalized spacial score (nSPS) is 20.4. The van der Waals surface area contributed by atoms with Crippen LogP contribution in [0.2, 0.25) is 0 Å². The molecule has 1 saturated heterocycles. The molecular weight excluding hydrogens is 290 g/mol. The van der Waals surface area contributed by atoms with Gasteiger partial charge in [-0.15, -0.1) is 0 Å². The van der Waals surface area contributed by atoms with Crippen LogP contribution < -0.4 is 5.32 Å². The van der Waals surface area contributed by atoms with Crippen LogP contribution in [-0.4, -0.2) is 22.0 Å². The lowest BCUT2D eigenvalue weighted by Crippen LogP contribution is -2.36. The van der Waals surface area contributed by atoms with Crippen molar-refractivity contribution < 1.29 is 0 Å². The van der Waals surface area contributed by atoms with Crippen molar-refractivity contribution >= 4 is 21.4 Å². The Morgan fingerprint density at radius 2 is 2.39 bits per heavy atom. The first-order valence-electron chi connectivity index (χ1n) is 6.60. The maximum Gasteiger partial charge on any atom is 0.132 e. The van der Waals surface area contributed by atoms with E-state index in [-0.39, 0.29) is 0 Å². The van der Waals surface area contributed by atoms with E-state index in [0.717, 1.165) is 23.4 Å². The Hall–Kier alpha value is -0.870. The Kier molecular flexibility index (Phi) is 3.39. The molecule has 96 valence electrons. The molecule has 0 aromatic carbocycles. The first-order chi connectivity index (χ1) is 8.74. The van der Waals surface area contributed by atoms with Crippen LogP contribution in [0.3, 0.4) is 0 Å². The van der Waals surface area contributed by atoms with Crippen LogP contribution >= 0.6 is 15.9 Å². The molecule has 1 aliphatic rings. The van der Waals surface area contributed by atoms with E-state index in [1.807, 2.05) is 0 Å². The fraction of sp³-hybridized carbons (Fsp3) is 0.500. The van der Waals surface area contributed by atoms with Gasteiger partial charge in [-0.25, -0.2) is 4.98 Å². The number of imidazole rings is 1. The molecule has 1 aliphatic heterocycles. The maximum absolute atomic E-state index is 4.66. The lowest BCUT2D eigenvalue weighted by Gasteiger charge is -2.22. The van der Waals surface area contributed by atoms with Crippen molar-refractivity contribution in [1.29, 1.82) is 0 Å². The van der Waals surface area contributed by atoms with Crippen molar-refractivity contribution in [3.05, 3.63) is 34.3 Å². The summed E-state index contributed by atoms with van der Waals surface area (Å²) in [7, 11) is 0. The lowest BCUT2D eigenvalue weighted by molar-refractivity contribution is 0.394. The van der Waals surface area contributed by atoms with Crippen LogP contribution in [-0.2, 0) is 6.42 Å². The second kappa shape index (κ2) is 5.02. The van der Waals surface area contributed by atoms with Gasteiger partial charge in [0.05, 0.1) is 5.52 Å². The molecule has 0 spiro atoms. The molecule has 2 aromatic rings. The topological polar surface area (TPSA) is 29.3 Å². The average Bonchev–Trinajstić information content (AvgIpc) is 2.67. The molecule has 18 heavy (non-hydrogen) atoms. The van der Waals surface area contributed by atoms with E-state index in [0.29, 0.717) is 6.04 Å². The van der Waals surface area contributed by atoms with E-state index in [4.69, 9.17) is 0 Å². The number of pyridine rings is 1. The fourth-order valence-electron chi connectivity index (χ4n) is 2.68. The van der Waals surface area contributed by atoms with E-state index >= 15 is 0 Å². The zero-order valence-electron chi connectivity index (χ0n) is 10.6. The third kappa shape index (κ3) is 2.31. The van der Waals surface area contributed by atoms with E-state index in [1.54, 1.807) is 0 Å². The van der Waals surface area contributed by atoms with Crippen molar-refractivity contribution in [1.82, 2.24) is 14.7 Å². The number of rotatable bonds is 2. The third-order valence-corrected chi connectivity index (χ3v) is 4.25. The van der Waals surface area contributed by atoms with Gasteiger partial charge in [-0.1, -0.05) is 6.42 Å². The quantitative estimate of drug-likeness (QED) is 0.924. The molecule has 0 bridgehead atoms. The zero-order valence-corrected chi connectivity index (χ0v) is 12.2. The third-order valence-electron chi connectivity index (χ3n) is 3.67. The summed E-state index contributed by atoms with van der Waals surface area (Å²) >= 11 is 3.56. The summed E-state index contributed by atoms with van der Waals surface area (Å²) in [4.78, 5) is 4.66. The summed E-state index contributed by atoms with van der Waals surface area (Å²) in [5.74, 6) is 1.15. The Balaban J connectivity index is 1.91. The Labute approximate surface area is 116 Å². The predicted octanol–water partition coefficient (Wildman–Crippen LogP) is 3.09. The molecule has 0 amide bonds. The summed E-state index contributed by atoms with van der Waals surface area (Å²) in [6.45, 7) is 3.26. The van der Waals surface area contributed by atoms with Crippen LogP contribution in [0.5, 0.6) is 0 Å². The highest BCUT2D eigenvalue weighted by molar-refractivity contribution is 9.10. The average molecular weight is 308 g/mol. The molecule has 1 atom stereocenters. The summed E-state index contributed by atoms with van der Waals surface area (Å²) in [5.41, 5.74) is 2.44. The van der Waals surface area contributed by atoms with Gasteiger partial charge in [-0.05, 0) is 59.9 Å². The number of hydrogen-bond donors (Lipinski definition) is 1. The molecule has 1 unspecified atom stereocenters. The van der Waals surface area contributed by atoms with Crippen LogP contribution in [0.1, 0.15) is 30.7 Å². The van der Waals surface area contributed by atoms with E-state index in [1.165, 1.54) is 30.3 Å². The SMILES string of the molecule is Cc1ccn2c(CC3CCCCN3)nc(Br)c2c1. The molecule has 4 heteroatoms. The van der Waals surface area contributed by atoms with Crippen molar-refractivity contribution in [2.75, 3.05) is 6.54 Å². The molecule has 3 heterocycles. The summed E-state index contributed by atoms with van der Waals surface area (Å²) < 4.78 is 3.16. The van der Waals surface area contributed by atoms with Gasteiger partial charge < -0.3 is 9.72 Å². The molecule has 2 aromatic heterocycles. The van der Waals surface area contributed by atoms with Gasteiger partial charge in [0.1, 0.15) is 10.4 Å². The minimum Gasteiger partial charge on any atom is -0.314 e. The molecule has 0 saturated carbocycles. The van der Waals surface area contributed by atoms with Gasteiger partial charge in [-0.2, -0.15) is 0 Å². The van der Waals surface area contributed by atoms with Gasteiger partial charge in [-0.3, -0.25) is 0 Å². The predicted molar refractivity (Wildman–Crippen MR) is 77.0 cm³/mol. The van der Waals surface area contributed by atoms with Crippen LogP contribution in [0.25, 0.3) is 5.52 Å². The molecule has 3 nitrogen and oxygen atoms in total. The van der Waals surface area contributed by atoms with Crippen molar-refractivity contribution in [3.63, 3.8) is 0 Å². The minimum atomic E-state index is 0.581. The van der Waals surface area contributed by atoms with Gasteiger partial charge in [0, 0.05) is 18.7 Å². The number of aryl methyl sites for hydroxylation is 1. The zero-order chi connectivity index (χ0) is 12.5. The lowest BCUT2D eigenvalue weighted by atomic mass is 10.0. The molecule has 1 fully saturated rings. The van der Waals surface area contributed by atoms with Crippen LogP contribution in [0.15, 0.2) is 22.9 Å². The number of piperidine rings is 1. The van der Waals surface area contributed by atoms with Crippen LogP contribution in [0, 0.1) is 6.92 Å². The molecular formula is C14H18BrN3. The smallest absolute Gasteiger partial charge is 0.132 e. The molecule has 1 N–H and O–H groups in total. The van der Waals surface area contributed by atoms with E-state index < -0.39 is 0 Å². The van der Waals surface area contributed by atoms with Gasteiger partial charge in [0.25, 0.3) is 0 Å². The second-order valence-electron chi connectivity index (χ2n) is 5.13. The van der Waals surface area contributed by atoms with Crippen molar-refractivity contribution in [3.8, 4) is 0 Å². The number of halogens is 1. The molecule has 0 aliphatic carbocycles. The maximum atomic E-state index is 4.66. The van der Waals surface area contributed by atoms with Crippen molar-refractivity contribution in [2.45, 2.75) is 38.6 Å². The standard InChI is InChI=1S/C14H18BrN3/c1-10-5-7-18-12(8-10)14(15)17-13(18)9-11-4-2-3-6-16-11/h5,7-8,11,16H,2-4,6,9H2,1H3. The summed E-state index contributed by atoms with van der Waals surface area (Å²) in [6, 6.07) is 4.89. The fourth-order valence-corrected chi connectivity index (χ4v) is 3.19. The highest BCUT2D eigenvalue weighted by Crippen LogP contribution is 2.22. The second-order valence-corrected chi connectivity index (χ2v) is 5.88. The van der Waals surface area contributed by atoms with Crippen molar-refractivity contribution in [2.24, 2.45) is 0 Å². The minimum absolute atomic E-state index is 0.581. The largest absolute Gasteiger partial charge is 0.314 e. The van der Waals surface area contributed by atoms with Gasteiger partial charge in [0.2, 0.25) is 0 Å². The number of nitrogens with one attached hydrogen (secondary N) is 1. The summed E-state index contributed by atoms with van der Waals surface area (Å²) in [6.07, 6.45) is 7.04. The van der Waals surface area contributed by atoms with Crippen LogP contribution in [0.4, 0.5) is 0 Å². The first-order valence-corrected chi connectivity index (χ1v) is 7.40. The molecule has 3 rings (SSSR count). The Bertz CT molecular complexity index is 555. The summed E-state index contributed by atoms with van der Waals surface area (Å²) in [5, 5.41) is 3.58. The monoisotopic (exact) mass is 307 g/mol. The van der Waals surface area contributed by atoms with E-state index in [2.05, 4.69) is 55.9 Å². The van der Waals surface area contributed by atoms with Gasteiger partial charge in [0.15, 0.2) is 0 Å². The van der Waals surface area contributed by atoms with E-state index in [9.17, 15) is 0 Å². The molecule has 0 radical (unpaired) electrons. The number of fused-ring (bicyclic) bond motifs is 1. The number of nitrogens with zero attached hydrogens (tertiary/aromatic N) is 2.